The first-order chi connectivity index (χ1) is 21.5. The monoisotopic (exact) mass is 630 g/mol. The van der Waals surface area contributed by atoms with E-state index in [9.17, 15) is 38.4 Å². The molecule has 1 aromatic carbocycles. The van der Waals surface area contributed by atoms with Crippen molar-refractivity contribution in [3.8, 4) is 0 Å². The van der Waals surface area contributed by atoms with E-state index < -0.39 is 55.3 Å². The predicted molar refractivity (Wildman–Crippen MR) is 157 cm³/mol. The zero-order valence-electron chi connectivity index (χ0n) is 24.7. The van der Waals surface area contributed by atoms with Crippen LogP contribution in [0.2, 0.25) is 0 Å². The van der Waals surface area contributed by atoms with Gasteiger partial charge in [0.1, 0.15) is 19.4 Å². The Hall–Kier alpha value is -5.12. The molecule has 1 heterocycles. The average molecular weight is 631 g/mol. The Labute approximate surface area is 259 Å². The molecule has 0 saturated carbocycles. The van der Waals surface area contributed by atoms with Crippen molar-refractivity contribution in [1.29, 1.82) is 0 Å². The summed E-state index contributed by atoms with van der Waals surface area (Å²) < 4.78 is 4.70. The molecule has 45 heavy (non-hydrogen) atoms. The number of unbranched alkanes of at least 4 members (excludes halogenated alkanes) is 2. The number of carboxylic acid groups (broad SMARTS) is 1. The fourth-order valence-corrected chi connectivity index (χ4v) is 3.99. The fourth-order valence-electron chi connectivity index (χ4n) is 3.99. The van der Waals surface area contributed by atoms with Crippen LogP contribution in [-0.2, 0) is 49.5 Å². The molecule has 0 aliphatic carbocycles. The number of aryl methyl sites for hydroxylation is 1. The first kappa shape index (κ1) is 36.1. The lowest BCUT2D eigenvalue weighted by Crippen LogP contribution is -2.51. The van der Waals surface area contributed by atoms with E-state index in [0.29, 0.717) is 25.7 Å². The molecular weight excluding hydrogens is 592 g/mol. The Kier molecular flexibility index (Phi) is 16.0. The summed E-state index contributed by atoms with van der Waals surface area (Å²) in [6, 6.07) is 8.16. The normalized spacial score (nSPS) is 12.8. The van der Waals surface area contributed by atoms with Crippen LogP contribution in [0.5, 0.6) is 0 Å². The number of ether oxygens (including phenoxy) is 1. The number of nitrogens with one attached hydrogen (secondary N) is 5. The van der Waals surface area contributed by atoms with Crippen molar-refractivity contribution in [3.63, 3.8) is 0 Å². The van der Waals surface area contributed by atoms with E-state index in [1.54, 1.807) is 0 Å². The molecule has 0 saturated heterocycles. The van der Waals surface area contributed by atoms with Crippen molar-refractivity contribution < 1.29 is 48.2 Å². The maximum atomic E-state index is 12.8. The first-order valence-corrected chi connectivity index (χ1v) is 14.3. The number of nitrogens with zero attached hydrogens (tertiary/aromatic N) is 1. The third-order valence-electron chi connectivity index (χ3n) is 6.31. The van der Waals surface area contributed by atoms with Crippen molar-refractivity contribution in [1.82, 2.24) is 31.5 Å². The molecule has 6 N–H and O–H groups in total. The molecule has 1 aliphatic rings. The van der Waals surface area contributed by atoms with Crippen LogP contribution in [0.3, 0.4) is 0 Å². The van der Waals surface area contributed by atoms with Crippen molar-refractivity contribution in [2.75, 3.05) is 39.5 Å². The third kappa shape index (κ3) is 15.3. The molecule has 0 spiro atoms. The number of hydrogen-bond donors (Lipinski definition) is 6. The number of rotatable bonds is 21. The highest BCUT2D eigenvalue weighted by atomic mass is 16.5. The Balaban J connectivity index is 1.70. The summed E-state index contributed by atoms with van der Waals surface area (Å²) in [4.78, 5) is 96.0. The second-order valence-electron chi connectivity index (χ2n) is 9.87. The van der Waals surface area contributed by atoms with Crippen molar-refractivity contribution in [2.24, 2.45) is 0 Å². The van der Waals surface area contributed by atoms with Gasteiger partial charge in [-0.25, -0.2) is 4.79 Å². The Morgan fingerprint density at radius 3 is 2.07 bits per heavy atom. The van der Waals surface area contributed by atoms with E-state index in [1.807, 2.05) is 30.3 Å². The van der Waals surface area contributed by atoms with Crippen LogP contribution in [0.4, 0.5) is 0 Å². The number of benzene rings is 1. The number of aliphatic carboxylic acids is 1. The topological polar surface area (TPSA) is 229 Å². The number of amides is 7. The van der Waals surface area contributed by atoms with E-state index in [0.717, 1.165) is 10.5 Å². The maximum Gasteiger partial charge on any atom is 0.329 e. The zero-order valence-corrected chi connectivity index (χ0v) is 24.7. The first-order valence-electron chi connectivity index (χ1n) is 14.3. The molecule has 0 aromatic heterocycles. The van der Waals surface area contributed by atoms with Crippen molar-refractivity contribution >= 4 is 47.3 Å². The molecule has 1 aliphatic heterocycles. The van der Waals surface area contributed by atoms with Crippen LogP contribution in [0, 0.1) is 0 Å². The van der Waals surface area contributed by atoms with Crippen LogP contribution < -0.4 is 26.6 Å². The Bertz CT molecular complexity index is 1240. The van der Waals surface area contributed by atoms with Crippen LogP contribution in [0.15, 0.2) is 42.5 Å². The number of carbonyl (C=O) groups excluding carboxylic acids is 7. The molecule has 1 atom stereocenters. The van der Waals surface area contributed by atoms with Gasteiger partial charge >= 0.3 is 5.97 Å². The molecule has 0 radical (unpaired) electrons. The van der Waals surface area contributed by atoms with Gasteiger partial charge in [0.2, 0.25) is 29.5 Å². The van der Waals surface area contributed by atoms with Gasteiger partial charge in [-0.2, -0.15) is 0 Å². The van der Waals surface area contributed by atoms with Gasteiger partial charge in [-0.3, -0.25) is 38.5 Å². The van der Waals surface area contributed by atoms with Gasteiger partial charge < -0.3 is 36.4 Å². The highest BCUT2D eigenvalue weighted by molar-refractivity contribution is 6.12. The minimum absolute atomic E-state index is 0.138. The summed E-state index contributed by atoms with van der Waals surface area (Å²) in [5.74, 6) is -4.86. The highest BCUT2D eigenvalue weighted by Crippen LogP contribution is 2.08. The van der Waals surface area contributed by atoms with Crippen molar-refractivity contribution in [3.05, 3.63) is 48.0 Å². The predicted octanol–water partition coefficient (Wildman–Crippen LogP) is -1.89. The van der Waals surface area contributed by atoms with E-state index in [4.69, 9.17) is 9.84 Å². The van der Waals surface area contributed by atoms with Crippen LogP contribution in [0.25, 0.3) is 0 Å². The maximum absolute atomic E-state index is 12.8. The zero-order chi connectivity index (χ0) is 33.0. The molecular formula is C29H38N6O10. The van der Waals surface area contributed by atoms with Gasteiger partial charge in [0.25, 0.3) is 11.8 Å². The summed E-state index contributed by atoms with van der Waals surface area (Å²) in [5, 5.41) is 20.6. The standard InChI is InChI=1S/C29H38N6O10/c36-22(9-5-2-6-14-35-26(40)12-13-27(35)41)30-15-23(37)31-17-25(39)34-21(11-10-20-7-3-1-4-8-20)29(44)32-16-24(38)33-19-45-18-28(42)43/h1,3-4,7-8,12-13,21H,2,5-6,9-11,14-19H2,(H,30,36)(H,31,37)(H,32,44)(H,33,38)(H,34,39)(H,42,43)/t21-/m0/s1. The molecule has 0 bridgehead atoms. The van der Waals surface area contributed by atoms with E-state index in [-0.39, 0.29) is 50.4 Å². The lowest BCUT2D eigenvalue weighted by molar-refractivity contribution is -0.143. The van der Waals surface area contributed by atoms with Crippen LogP contribution in [-0.4, -0.2) is 103 Å². The summed E-state index contributed by atoms with van der Waals surface area (Å²) in [7, 11) is 0. The van der Waals surface area contributed by atoms with E-state index >= 15 is 0 Å². The molecule has 7 amide bonds. The minimum Gasteiger partial charge on any atom is -0.480 e. The highest BCUT2D eigenvalue weighted by Gasteiger charge is 2.23. The smallest absolute Gasteiger partial charge is 0.329 e. The second-order valence-corrected chi connectivity index (χ2v) is 9.87. The molecule has 0 fully saturated rings. The quantitative estimate of drug-likeness (QED) is 0.0503. The Morgan fingerprint density at radius 2 is 1.38 bits per heavy atom. The molecule has 244 valence electrons. The van der Waals surface area contributed by atoms with Crippen LogP contribution in [0.1, 0.15) is 37.7 Å². The SMILES string of the molecule is O=C(O)COCNC(=O)CNC(=O)[C@H](CCc1ccccc1)NC(=O)CNC(=O)CNC(=O)CCCCCN1C(=O)C=CC1=O. The van der Waals surface area contributed by atoms with Gasteiger partial charge in [-0.1, -0.05) is 36.8 Å². The van der Waals surface area contributed by atoms with Gasteiger partial charge in [0.15, 0.2) is 0 Å². The number of carboxylic acids is 1. The molecule has 0 unspecified atom stereocenters. The lowest BCUT2D eigenvalue weighted by Gasteiger charge is -2.19. The number of imide groups is 1. The average Bonchev–Trinajstić information content (AvgIpc) is 3.34. The number of hydrogen-bond acceptors (Lipinski definition) is 9. The van der Waals surface area contributed by atoms with Gasteiger partial charge in [-0.15, -0.1) is 0 Å². The Morgan fingerprint density at radius 1 is 0.756 bits per heavy atom. The number of carbonyl (C=O) groups is 8. The fraction of sp³-hybridized carbons (Fsp3) is 0.448. The summed E-state index contributed by atoms with van der Waals surface area (Å²) in [6.45, 7) is -1.97. The van der Waals surface area contributed by atoms with Crippen molar-refractivity contribution in [2.45, 2.75) is 44.6 Å². The molecule has 16 heteroatoms. The molecule has 1 aromatic rings. The van der Waals surface area contributed by atoms with Gasteiger partial charge in [0.05, 0.1) is 19.6 Å². The van der Waals surface area contributed by atoms with E-state index in [2.05, 4.69) is 26.6 Å². The summed E-state index contributed by atoms with van der Waals surface area (Å²) in [5.41, 5.74) is 0.913. The second kappa shape index (κ2) is 20.0. The minimum atomic E-state index is -1.20. The summed E-state index contributed by atoms with van der Waals surface area (Å²) in [6.07, 6.45) is 4.82. The van der Waals surface area contributed by atoms with E-state index in [1.165, 1.54) is 12.2 Å². The van der Waals surface area contributed by atoms with Gasteiger partial charge in [-0.05, 0) is 31.2 Å². The molecule has 16 nitrogen and oxygen atoms in total. The lowest BCUT2D eigenvalue weighted by atomic mass is 10.0. The molecule has 2 rings (SSSR count). The largest absolute Gasteiger partial charge is 0.480 e. The van der Waals surface area contributed by atoms with Gasteiger partial charge in [0, 0.05) is 25.1 Å². The third-order valence-corrected chi connectivity index (χ3v) is 6.31. The summed E-state index contributed by atoms with van der Waals surface area (Å²) >= 11 is 0. The van der Waals surface area contributed by atoms with Crippen LogP contribution >= 0.6 is 0 Å².